The first-order chi connectivity index (χ1) is 12.6. The van der Waals surface area contributed by atoms with Crippen LogP contribution in [0.25, 0.3) is 11.3 Å². The van der Waals surface area contributed by atoms with Crippen molar-refractivity contribution in [1.29, 1.82) is 0 Å². The third-order valence-electron chi connectivity index (χ3n) is 3.90. The number of ether oxygens (including phenoxy) is 2. The Balaban J connectivity index is 1.86. The van der Waals surface area contributed by atoms with E-state index in [0.29, 0.717) is 22.9 Å². The SMILES string of the molecule is COc1ccc(NC(=O)c2ccc(-c3ccccc3)[nH]c2=O)c(OC)c1. The van der Waals surface area contributed by atoms with E-state index in [9.17, 15) is 9.59 Å². The minimum Gasteiger partial charge on any atom is -0.497 e. The van der Waals surface area contributed by atoms with Gasteiger partial charge in [0.25, 0.3) is 11.5 Å². The molecule has 1 heterocycles. The molecule has 132 valence electrons. The number of carbonyl (C=O) groups is 1. The zero-order valence-electron chi connectivity index (χ0n) is 14.4. The number of carbonyl (C=O) groups excluding carboxylic acids is 1. The van der Waals surface area contributed by atoms with Crippen LogP contribution in [0.15, 0.2) is 65.5 Å². The molecule has 0 spiro atoms. The van der Waals surface area contributed by atoms with Crippen LogP contribution in [-0.2, 0) is 0 Å². The predicted molar refractivity (Wildman–Crippen MR) is 100.0 cm³/mol. The van der Waals surface area contributed by atoms with Gasteiger partial charge in [-0.2, -0.15) is 0 Å². The fourth-order valence-corrected chi connectivity index (χ4v) is 2.53. The maximum Gasteiger partial charge on any atom is 0.261 e. The minimum absolute atomic E-state index is 0.0163. The Morgan fingerprint density at radius 1 is 0.962 bits per heavy atom. The maximum atomic E-state index is 12.5. The lowest BCUT2D eigenvalue weighted by molar-refractivity contribution is 0.102. The molecule has 6 heteroatoms. The summed E-state index contributed by atoms with van der Waals surface area (Å²) in [5.74, 6) is 0.522. The Morgan fingerprint density at radius 2 is 1.73 bits per heavy atom. The molecule has 26 heavy (non-hydrogen) atoms. The zero-order chi connectivity index (χ0) is 18.5. The van der Waals surface area contributed by atoms with E-state index >= 15 is 0 Å². The van der Waals surface area contributed by atoms with Gasteiger partial charge in [0.2, 0.25) is 0 Å². The van der Waals surface area contributed by atoms with Crippen molar-refractivity contribution < 1.29 is 14.3 Å². The number of amides is 1. The molecule has 1 aromatic heterocycles. The van der Waals surface area contributed by atoms with E-state index in [1.807, 2.05) is 30.3 Å². The van der Waals surface area contributed by atoms with E-state index in [2.05, 4.69) is 10.3 Å². The van der Waals surface area contributed by atoms with Gasteiger partial charge in [-0.1, -0.05) is 30.3 Å². The van der Waals surface area contributed by atoms with Crippen molar-refractivity contribution in [1.82, 2.24) is 4.98 Å². The molecule has 0 aliphatic carbocycles. The molecule has 0 radical (unpaired) electrons. The largest absolute Gasteiger partial charge is 0.497 e. The standard InChI is InChI=1S/C20H18N2O4/c1-25-14-8-10-17(18(12-14)26-2)22-20(24)15-9-11-16(21-19(15)23)13-6-4-3-5-7-13/h3-12H,1-2H3,(H,21,23)(H,22,24). The van der Waals surface area contributed by atoms with E-state index < -0.39 is 11.5 Å². The Morgan fingerprint density at radius 3 is 2.38 bits per heavy atom. The van der Waals surface area contributed by atoms with Gasteiger partial charge in [-0.25, -0.2) is 0 Å². The molecule has 6 nitrogen and oxygen atoms in total. The smallest absolute Gasteiger partial charge is 0.261 e. The number of anilines is 1. The number of aromatic amines is 1. The topological polar surface area (TPSA) is 80.4 Å². The number of methoxy groups -OCH3 is 2. The van der Waals surface area contributed by atoms with Gasteiger partial charge in [-0.3, -0.25) is 9.59 Å². The molecule has 0 unspecified atom stereocenters. The van der Waals surface area contributed by atoms with Crippen LogP contribution in [0.3, 0.4) is 0 Å². The van der Waals surface area contributed by atoms with Crippen molar-refractivity contribution in [2.24, 2.45) is 0 Å². The Hall–Kier alpha value is -3.54. The van der Waals surface area contributed by atoms with Crippen molar-refractivity contribution in [3.8, 4) is 22.8 Å². The highest BCUT2D eigenvalue weighted by molar-refractivity contribution is 6.05. The number of nitrogens with one attached hydrogen (secondary N) is 2. The summed E-state index contributed by atoms with van der Waals surface area (Å²) in [5.41, 5.74) is 1.52. The fourth-order valence-electron chi connectivity index (χ4n) is 2.53. The molecule has 0 bridgehead atoms. The second-order valence-corrected chi connectivity index (χ2v) is 5.50. The first-order valence-electron chi connectivity index (χ1n) is 7.94. The van der Waals surface area contributed by atoms with Crippen molar-refractivity contribution in [3.63, 3.8) is 0 Å². The number of benzene rings is 2. The molecule has 1 amide bonds. The van der Waals surface area contributed by atoms with Crippen LogP contribution in [0.1, 0.15) is 10.4 Å². The van der Waals surface area contributed by atoms with Crippen LogP contribution in [0.5, 0.6) is 11.5 Å². The summed E-state index contributed by atoms with van der Waals surface area (Å²) < 4.78 is 10.4. The lowest BCUT2D eigenvalue weighted by atomic mass is 10.1. The summed E-state index contributed by atoms with van der Waals surface area (Å²) in [4.78, 5) is 27.6. The number of pyridine rings is 1. The van der Waals surface area contributed by atoms with Crippen LogP contribution in [0.4, 0.5) is 5.69 Å². The van der Waals surface area contributed by atoms with E-state index in [1.165, 1.54) is 13.2 Å². The molecule has 2 aromatic carbocycles. The van der Waals surface area contributed by atoms with Crippen LogP contribution < -0.4 is 20.3 Å². The van der Waals surface area contributed by atoms with Gasteiger partial charge < -0.3 is 19.8 Å². The first-order valence-corrected chi connectivity index (χ1v) is 7.94. The average molecular weight is 350 g/mol. The monoisotopic (exact) mass is 350 g/mol. The summed E-state index contributed by atoms with van der Waals surface area (Å²) in [6, 6.07) is 17.6. The second kappa shape index (κ2) is 7.57. The zero-order valence-corrected chi connectivity index (χ0v) is 14.4. The van der Waals surface area contributed by atoms with Gasteiger partial charge in [0.1, 0.15) is 17.1 Å². The van der Waals surface area contributed by atoms with Gasteiger partial charge in [0.05, 0.1) is 19.9 Å². The number of hydrogen-bond acceptors (Lipinski definition) is 4. The third kappa shape index (κ3) is 3.59. The van der Waals surface area contributed by atoms with Crippen molar-refractivity contribution >= 4 is 11.6 Å². The Bertz CT molecular complexity index is 981. The van der Waals surface area contributed by atoms with Crippen LogP contribution in [-0.4, -0.2) is 25.1 Å². The predicted octanol–water partition coefficient (Wildman–Crippen LogP) is 3.31. The normalized spacial score (nSPS) is 10.2. The average Bonchev–Trinajstić information content (AvgIpc) is 2.68. The van der Waals surface area contributed by atoms with Gasteiger partial charge in [-0.15, -0.1) is 0 Å². The molecule has 3 rings (SSSR count). The van der Waals surface area contributed by atoms with E-state index in [-0.39, 0.29) is 5.56 Å². The van der Waals surface area contributed by atoms with Crippen molar-refractivity contribution in [2.45, 2.75) is 0 Å². The molecule has 0 saturated carbocycles. The second-order valence-electron chi connectivity index (χ2n) is 5.50. The maximum absolute atomic E-state index is 12.5. The number of aromatic nitrogens is 1. The lowest BCUT2D eigenvalue weighted by Crippen LogP contribution is -2.23. The molecule has 2 N–H and O–H groups in total. The number of H-pyrrole nitrogens is 1. The highest BCUT2D eigenvalue weighted by atomic mass is 16.5. The van der Waals surface area contributed by atoms with Crippen molar-refractivity contribution in [3.05, 3.63) is 76.6 Å². The summed E-state index contributed by atoms with van der Waals surface area (Å²) in [6.45, 7) is 0. The molecule has 0 atom stereocenters. The molecule has 3 aromatic rings. The van der Waals surface area contributed by atoms with Gasteiger partial charge in [0.15, 0.2) is 0 Å². The number of hydrogen-bond donors (Lipinski definition) is 2. The van der Waals surface area contributed by atoms with Gasteiger partial charge >= 0.3 is 0 Å². The highest BCUT2D eigenvalue weighted by Crippen LogP contribution is 2.29. The molecule has 0 fully saturated rings. The Kier molecular flexibility index (Phi) is 5.03. The van der Waals surface area contributed by atoms with E-state index in [4.69, 9.17) is 9.47 Å². The summed E-state index contributed by atoms with van der Waals surface area (Å²) in [6.07, 6.45) is 0. The van der Waals surface area contributed by atoms with E-state index in [0.717, 1.165) is 5.56 Å². The van der Waals surface area contributed by atoms with Crippen LogP contribution in [0.2, 0.25) is 0 Å². The van der Waals surface area contributed by atoms with Gasteiger partial charge in [-0.05, 0) is 29.8 Å². The van der Waals surface area contributed by atoms with Gasteiger partial charge in [0, 0.05) is 11.8 Å². The summed E-state index contributed by atoms with van der Waals surface area (Å²) in [5, 5.41) is 2.69. The lowest BCUT2D eigenvalue weighted by Gasteiger charge is -2.11. The third-order valence-corrected chi connectivity index (χ3v) is 3.90. The molecule has 0 aliphatic rings. The molecular formula is C20H18N2O4. The van der Waals surface area contributed by atoms with Crippen LogP contribution >= 0.6 is 0 Å². The first kappa shape index (κ1) is 17.3. The highest BCUT2D eigenvalue weighted by Gasteiger charge is 2.14. The summed E-state index contributed by atoms with van der Waals surface area (Å²) in [7, 11) is 3.03. The molecular weight excluding hydrogens is 332 g/mol. The molecule has 0 saturated heterocycles. The van der Waals surface area contributed by atoms with Crippen molar-refractivity contribution in [2.75, 3.05) is 19.5 Å². The fraction of sp³-hybridized carbons (Fsp3) is 0.100. The number of rotatable bonds is 5. The molecule has 0 aliphatic heterocycles. The minimum atomic E-state index is -0.519. The van der Waals surface area contributed by atoms with E-state index in [1.54, 1.807) is 31.4 Å². The Labute approximate surface area is 150 Å². The summed E-state index contributed by atoms with van der Waals surface area (Å²) >= 11 is 0. The quantitative estimate of drug-likeness (QED) is 0.740. The van der Waals surface area contributed by atoms with Crippen LogP contribution in [0, 0.1) is 0 Å².